The van der Waals surface area contributed by atoms with Gasteiger partial charge in [0, 0.05) is 5.56 Å². The number of carboxylic acids is 2. The molecule has 1 aromatic rings. The Hall–Kier alpha value is -2.37. The molecular weight excluding hydrogens is 274 g/mol. The third-order valence-electron chi connectivity index (χ3n) is 2.96. The molecule has 0 unspecified atom stereocenters. The fraction of sp³-hybridized carbons (Fsp3) is 0.400. The van der Waals surface area contributed by atoms with Gasteiger partial charge < -0.3 is 15.5 Å². The molecule has 6 nitrogen and oxygen atoms in total. The smallest absolute Gasteiger partial charge is 0.326 e. The highest BCUT2D eigenvalue weighted by Gasteiger charge is 2.26. The fourth-order valence-corrected chi connectivity index (χ4v) is 1.95. The molecule has 0 heterocycles. The lowest BCUT2D eigenvalue weighted by Crippen LogP contribution is -2.42. The van der Waals surface area contributed by atoms with Gasteiger partial charge in [0.25, 0.3) is 5.91 Å². The maximum absolute atomic E-state index is 12.2. The van der Waals surface area contributed by atoms with Gasteiger partial charge in [-0.3, -0.25) is 9.59 Å². The highest BCUT2D eigenvalue weighted by atomic mass is 16.4. The van der Waals surface area contributed by atoms with Crippen molar-refractivity contribution in [3.05, 3.63) is 35.4 Å². The van der Waals surface area contributed by atoms with E-state index in [1.54, 1.807) is 24.3 Å². The number of carbonyl (C=O) groups is 3. The van der Waals surface area contributed by atoms with Gasteiger partial charge in [-0.1, -0.05) is 39.0 Å². The standard InChI is InChI=1S/C15H19NO5/c1-15(2,3)10-7-5-4-6-9(10)13(19)16-11(14(20)21)8-12(17)18/h4-7,11H,8H2,1-3H3,(H,16,19)(H,17,18)(H,20,21)/t11-/m0/s1. The molecule has 0 spiro atoms. The predicted molar refractivity (Wildman–Crippen MR) is 76.3 cm³/mol. The van der Waals surface area contributed by atoms with Crippen LogP contribution < -0.4 is 5.32 Å². The highest BCUT2D eigenvalue weighted by Crippen LogP contribution is 2.25. The first-order chi connectivity index (χ1) is 9.62. The molecular formula is C15H19NO5. The molecule has 0 aliphatic heterocycles. The lowest BCUT2D eigenvalue weighted by atomic mass is 9.83. The van der Waals surface area contributed by atoms with Crippen molar-refractivity contribution in [2.75, 3.05) is 0 Å². The molecule has 0 bridgehead atoms. The van der Waals surface area contributed by atoms with Crippen molar-refractivity contribution in [2.45, 2.75) is 38.6 Å². The van der Waals surface area contributed by atoms with Crippen LogP contribution in [0.4, 0.5) is 0 Å². The third-order valence-corrected chi connectivity index (χ3v) is 2.96. The molecule has 1 atom stereocenters. The zero-order valence-corrected chi connectivity index (χ0v) is 12.2. The summed E-state index contributed by atoms with van der Waals surface area (Å²) in [7, 11) is 0. The molecule has 0 radical (unpaired) electrons. The first-order valence-electron chi connectivity index (χ1n) is 6.48. The van der Waals surface area contributed by atoms with Gasteiger partial charge in [-0.15, -0.1) is 0 Å². The molecule has 6 heteroatoms. The second-order valence-corrected chi connectivity index (χ2v) is 5.76. The average molecular weight is 293 g/mol. The second-order valence-electron chi connectivity index (χ2n) is 5.76. The zero-order chi connectivity index (χ0) is 16.2. The molecule has 3 N–H and O–H groups in total. The van der Waals surface area contributed by atoms with E-state index in [0.29, 0.717) is 5.56 Å². The Bertz CT molecular complexity index is 559. The van der Waals surface area contributed by atoms with E-state index in [9.17, 15) is 14.4 Å². The van der Waals surface area contributed by atoms with Crippen LogP contribution in [0.15, 0.2) is 24.3 Å². The number of hydrogen-bond acceptors (Lipinski definition) is 3. The maximum Gasteiger partial charge on any atom is 0.326 e. The number of hydrogen-bond donors (Lipinski definition) is 3. The molecule has 0 aromatic heterocycles. The topological polar surface area (TPSA) is 104 Å². The van der Waals surface area contributed by atoms with Crippen molar-refractivity contribution >= 4 is 17.8 Å². The van der Waals surface area contributed by atoms with Gasteiger partial charge in [-0.2, -0.15) is 0 Å². The highest BCUT2D eigenvalue weighted by molar-refractivity contribution is 5.98. The summed E-state index contributed by atoms with van der Waals surface area (Å²) in [4.78, 5) is 33.9. The van der Waals surface area contributed by atoms with Crippen molar-refractivity contribution in [2.24, 2.45) is 0 Å². The Balaban J connectivity index is 3.04. The third kappa shape index (κ3) is 4.59. The Labute approximate surface area is 122 Å². The summed E-state index contributed by atoms with van der Waals surface area (Å²) in [6.07, 6.45) is -0.668. The number of amides is 1. The van der Waals surface area contributed by atoms with Gasteiger partial charge >= 0.3 is 11.9 Å². The first-order valence-corrected chi connectivity index (χ1v) is 6.48. The number of aliphatic carboxylic acids is 2. The lowest BCUT2D eigenvalue weighted by Gasteiger charge is -2.23. The molecule has 0 aliphatic carbocycles. The van der Waals surface area contributed by atoms with E-state index in [4.69, 9.17) is 10.2 Å². The van der Waals surface area contributed by atoms with E-state index in [1.807, 2.05) is 20.8 Å². The van der Waals surface area contributed by atoms with Crippen LogP contribution >= 0.6 is 0 Å². The van der Waals surface area contributed by atoms with Crippen LogP contribution in [0.1, 0.15) is 43.1 Å². The average Bonchev–Trinajstić information content (AvgIpc) is 2.36. The number of benzene rings is 1. The van der Waals surface area contributed by atoms with E-state index >= 15 is 0 Å². The summed E-state index contributed by atoms with van der Waals surface area (Å²) in [5.74, 6) is -3.25. The van der Waals surface area contributed by atoms with E-state index in [1.165, 1.54) is 0 Å². The number of carboxylic acid groups (broad SMARTS) is 2. The summed E-state index contributed by atoms with van der Waals surface area (Å²) in [6, 6.07) is 5.40. The Morgan fingerprint density at radius 3 is 2.19 bits per heavy atom. The maximum atomic E-state index is 12.2. The van der Waals surface area contributed by atoms with Gasteiger partial charge in [0.05, 0.1) is 6.42 Å². The summed E-state index contributed by atoms with van der Waals surface area (Å²) < 4.78 is 0. The van der Waals surface area contributed by atoms with Gasteiger partial charge in [0.15, 0.2) is 0 Å². The summed E-state index contributed by atoms with van der Waals surface area (Å²) in [6.45, 7) is 5.81. The summed E-state index contributed by atoms with van der Waals surface area (Å²) >= 11 is 0. The van der Waals surface area contributed by atoms with Crippen LogP contribution in [0.2, 0.25) is 0 Å². The molecule has 0 saturated heterocycles. The minimum absolute atomic E-state index is 0.292. The largest absolute Gasteiger partial charge is 0.481 e. The SMILES string of the molecule is CC(C)(C)c1ccccc1C(=O)N[C@@H](CC(=O)O)C(=O)O. The van der Waals surface area contributed by atoms with Crippen LogP contribution in [-0.2, 0) is 15.0 Å². The van der Waals surface area contributed by atoms with Crippen molar-refractivity contribution in [3.8, 4) is 0 Å². The zero-order valence-electron chi connectivity index (χ0n) is 12.2. The molecule has 114 valence electrons. The second kappa shape index (κ2) is 6.39. The quantitative estimate of drug-likeness (QED) is 0.765. The van der Waals surface area contributed by atoms with Crippen LogP contribution in [0.5, 0.6) is 0 Å². The number of rotatable bonds is 5. The van der Waals surface area contributed by atoms with Crippen molar-refractivity contribution in [1.82, 2.24) is 5.32 Å². The molecule has 21 heavy (non-hydrogen) atoms. The van der Waals surface area contributed by atoms with Crippen LogP contribution in [0, 0.1) is 0 Å². The predicted octanol–water partition coefficient (Wildman–Crippen LogP) is 1.64. The van der Waals surface area contributed by atoms with Crippen molar-refractivity contribution in [3.63, 3.8) is 0 Å². The van der Waals surface area contributed by atoms with Crippen LogP contribution in [0.3, 0.4) is 0 Å². The summed E-state index contributed by atoms with van der Waals surface area (Å²) in [5, 5.41) is 19.9. The normalized spacial score (nSPS) is 12.5. The Morgan fingerprint density at radius 1 is 1.14 bits per heavy atom. The van der Waals surface area contributed by atoms with Gasteiger partial charge in [-0.25, -0.2) is 4.79 Å². The van der Waals surface area contributed by atoms with Crippen molar-refractivity contribution in [1.29, 1.82) is 0 Å². The number of nitrogens with one attached hydrogen (secondary N) is 1. The first kappa shape index (κ1) is 16.7. The molecule has 0 saturated carbocycles. The molecule has 0 fully saturated rings. The van der Waals surface area contributed by atoms with Gasteiger partial charge in [0.1, 0.15) is 6.04 Å². The van der Waals surface area contributed by atoms with E-state index < -0.39 is 30.3 Å². The van der Waals surface area contributed by atoms with Crippen molar-refractivity contribution < 1.29 is 24.6 Å². The van der Waals surface area contributed by atoms with E-state index in [2.05, 4.69) is 5.32 Å². The van der Waals surface area contributed by atoms with Crippen LogP contribution in [-0.4, -0.2) is 34.1 Å². The lowest BCUT2D eigenvalue weighted by molar-refractivity contribution is -0.145. The minimum atomic E-state index is -1.46. The number of carbonyl (C=O) groups excluding carboxylic acids is 1. The van der Waals surface area contributed by atoms with Gasteiger partial charge in [0.2, 0.25) is 0 Å². The monoisotopic (exact) mass is 293 g/mol. The van der Waals surface area contributed by atoms with E-state index in [-0.39, 0.29) is 5.41 Å². The molecule has 1 rings (SSSR count). The van der Waals surface area contributed by atoms with Crippen LogP contribution in [0.25, 0.3) is 0 Å². The molecule has 1 aromatic carbocycles. The Kier molecular flexibility index (Phi) is 5.07. The molecule has 1 amide bonds. The molecule has 0 aliphatic rings. The van der Waals surface area contributed by atoms with E-state index in [0.717, 1.165) is 5.56 Å². The van der Waals surface area contributed by atoms with Gasteiger partial charge in [-0.05, 0) is 17.0 Å². The summed E-state index contributed by atoms with van der Waals surface area (Å²) in [5.41, 5.74) is 0.822. The fourth-order valence-electron chi connectivity index (χ4n) is 1.95. The minimum Gasteiger partial charge on any atom is -0.481 e. The Morgan fingerprint density at radius 2 is 1.71 bits per heavy atom.